The number of aryl methyl sites for hydroxylation is 2. The Morgan fingerprint density at radius 1 is 1.27 bits per heavy atom. The largest absolute Gasteiger partial charge is 0.444 e. The number of guanidine groups is 1. The van der Waals surface area contributed by atoms with Crippen LogP contribution in [-0.4, -0.2) is 54.1 Å². The molecular weight excluding hydrogens is 515 g/mol. The van der Waals surface area contributed by atoms with Gasteiger partial charge in [0.2, 0.25) is 5.89 Å². The molecule has 2 N–H and O–H groups in total. The Hall–Kier alpha value is -1.39. The predicted octanol–water partition coefficient (Wildman–Crippen LogP) is 3.58. The highest BCUT2D eigenvalue weighted by Gasteiger charge is 2.21. The highest BCUT2D eigenvalue weighted by atomic mass is 127. The zero-order valence-electron chi connectivity index (χ0n) is 17.9. The molecule has 7 nitrogen and oxygen atoms in total. The topological polar surface area (TPSA) is 78.6 Å². The van der Waals surface area contributed by atoms with E-state index in [4.69, 9.17) is 16.0 Å². The van der Waals surface area contributed by atoms with Gasteiger partial charge in [-0.15, -0.1) is 24.0 Å². The molecule has 9 heteroatoms. The van der Waals surface area contributed by atoms with Crippen molar-refractivity contribution in [1.82, 2.24) is 25.5 Å². The summed E-state index contributed by atoms with van der Waals surface area (Å²) in [4.78, 5) is 15.4. The van der Waals surface area contributed by atoms with Crippen LogP contribution in [0.4, 0.5) is 0 Å². The minimum atomic E-state index is 0. The fourth-order valence-corrected chi connectivity index (χ4v) is 3.60. The predicted molar refractivity (Wildman–Crippen MR) is 132 cm³/mol. The number of rotatable bonds is 7. The summed E-state index contributed by atoms with van der Waals surface area (Å²) in [5, 5.41) is 7.35. The van der Waals surface area contributed by atoms with Crippen molar-refractivity contribution in [2.75, 3.05) is 33.2 Å². The first-order valence-electron chi connectivity index (χ1n) is 10.2. The van der Waals surface area contributed by atoms with Gasteiger partial charge in [0, 0.05) is 26.3 Å². The van der Waals surface area contributed by atoms with Crippen LogP contribution in [0.2, 0.25) is 5.15 Å². The van der Waals surface area contributed by atoms with E-state index in [2.05, 4.69) is 30.5 Å². The molecule has 0 bridgehead atoms. The molecule has 1 fully saturated rings. The number of aliphatic imine (C=N–C) groups is 1. The Morgan fingerprint density at radius 2 is 2.03 bits per heavy atom. The lowest BCUT2D eigenvalue weighted by molar-refractivity contribution is 0.164. The summed E-state index contributed by atoms with van der Waals surface area (Å²) in [7, 11) is 1.81. The van der Waals surface area contributed by atoms with Crippen LogP contribution < -0.4 is 10.6 Å². The Balaban J connectivity index is 0.00000320. The number of pyridine rings is 1. The molecule has 2 aromatic heterocycles. The Kier molecular flexibility index (Phi) is 10.3. The average Bonchev–Trinajstić information content (AvgIpc) is 3.04. The smallest absolute Gasteiger partial charge is 0.208 e. The van der Waals surface area contributed by atoms with E-state index in [9.17, 15) is 0 Å². The van der Waals surface area contributed by atoms with E-state index in [1.54, 1.807) is 0 Å². The second-order valence-electron chi connectivity index (χ2n) is 7.59. The maximum absolute atomic E-state index is 5.82. The molecule has 3 heterocycles. The molecule has 0 atom stereocenters. The SMILES string of the molecule is CN=C(NCCc1ccc(Cl)nc1)NCC1CCN(Cc2nc(C)c(C)o2)CC1.I. The Bertz CT molecular complexity index is 783. The van der Waals surface area contributed by atoms with E-state index in [-0.39, 0.29) is 24.0 Å². The van der Waals surface area contributed by atoms with Gasteiger partial charge in [-0.1, -0.05) is 17.7 Å². The fourth-order valence-electron chi connectivity index (χ4n) is 3.49. The monoisotopic (exact) mass is 546 g/mol. The third kappa shape index (κ3) is 7.70. The fraction of sp³-hybridized carbons (Fsp3) is 0.571. The highest BCUT2D eigenvalue weighted by molar-refractivity contribution is 14.0. The number of piperidine rings is 1. The van der Waals surface area contributed by atoms with Gasteiger partial charge in [-0.05, 0) is 63.7 Å². The summed E-state index contributed by atoms with van der Waals surface area (Å²) in [6, 6.07) is 3.82. The Morgan fingerprint density at radius 3 is 2.63 bits per heavy atom. The second kappa shape index (κ2) is 12.5. The van der Waals surface area contributed by atoms with Crippen LogP contribution in [0.3, 0.4) is 0 Å². The average molecular weight is 547 g/mol. The number of nitrogens with one attached hydrogen (secondary N) is 2. The molecule has 3 rings (SSSR count). The van der Waals surface area contributed by atoms with Crippen LogP contribution in [0.5, 0.6) is 0 Å². The van der Waals surface area contributed by atoms with Crippen LogP contribution in [0.25, 0.3) is 0 Å². The van der Waals surface area contributed by atoms with Crippen LogP contribution in [-0.2, 0) is 13.0 Å². The molecule has 30 heavy (non-hydrogen) atoms. The van der Waals surface area contributed by atoms with Gasteiger partial charge in [-0.25, -0.2) is 9.97 Å². The molecule has 1 aliphatic heterocycles. The normalized spacial score (nSPS) is 15.7. The lowest BCUT2D eigenvalue weighted by Gasteiger charge is -2.31. The van der Waals surface area contributed by atoms with Crippen LogP contribution in [0.1, 0.15) is 35.7 Å². The first-order chi connectivity index (χ1) is 14.0. The zero-order chi connectivity index (χ0) is 20.6. The number of halogens is 2. The van der Waals surface area contributed by atoms with Crippen molar-refractivity contribution in [1.29, 1.82) is 0 Å². The molecule has 2 aromatic rings. The number of likely N-dealkylation sites (tertiary alicyclic amines) is 1. The standard InChI is InChI=1S/C21H31ClN6O.HI/c1-15-16(2)29-20(27-15)14-28-10-7-18(8-11-28)13-26-21(23-3)24-9-6-17-4-5-19(22)25-12-17;/h4-5,12,18H,6-11,13-14H2,1-3H3,(H2,23,24,26);1H. The minimum absolute atomic E-state index is 0. The molecule has 1 saturated heterocycles. The Labute approximate surface area is 201 Å². The van der Waals surface area contributed by atoms with E-state index in [1.165, 1.54) is 12.8 Å². The van der Waals surface area contributed by atoms with Gasteiger partial charge in [-0.3, -0.25) is 9.89 Å². The number of oxazole rings is 1. The van der Waals surface area contributed by atoms with Crippen molar-refractivity contribution < 1.29 is 4.42 Å². The van der Waals surface area contributed by atoms with Crippen LogP contribution in [0, 0.1) is 19.8 Å². The molecule has 0 amide bonds. The molecule has 0 radical (unpaired) electrons. The highest BCUT2D eigenvalue weighted by Crippen LogP contribution is 2.19. The van der Waals surface area contributed by atoms with Gasteiger partial charge in [0.25, 0.3) is 0 Å². The van der Waals surface area contributed by atoms with Gasteiger partial charge < -0.3 is 15.1 Å². The van der Waals surface area contributed by atoms with E-state index >= 15 is 0 Å². The molecule has 0 aliphatic carbocycles. The van der Waals surface area contributed by atoms with Crippen molar-refractivity contribution in [2.24, 2.45) is 10.9 Å². The first kappa shape index (κ1) is 24.9. The van der Waals surface area contributed by atoms with Gasteiger partial charge in [0.05, 0.1) is 12.2 Å². The quantitative estimate of drug-likeness (QED) is 0.239. The number of nitrogens with zero attached hydrogens (tertiary/aromatic N) is 4. The lowest BCUT2D eigenvalue weighted by Crippen LogP contribution is -2.43. The van der Waals surface area contributed by atoms with Crippen molar-refractivity contribution in [2.45, 2.75) is 39.7 Å². The summed E-state index contributed by atoms with van der Waals surface area (Å²) in [6.45, 7) is 8.65. The number of aromatic nitrogens is 2. The van der Waals surface area contributed by atoms with E-state index in [0.29, 0.717) is 11.1 Å². The van der Waals surface area contributed by atoms with E-state index < -0.39 is 0 Å². The minimum Gasteiger partial charge on any atom is -0.444 e. The van der Waals surface area contributed by atoms with E-state index in [0.717, 1.165) is 68.0 Å². The maximum atomic E-state index is 5.82. The number of hydrogen-bond donors (Lipinski definition) is 2. The molecule has 0 saturated carbocycles. The molecular formula is C21H32ClIN6O. The van der Waals surface area contributed by atoms with Gasteiger partial charge in [0.1, 0.15) is 10.9 Å². The number of hydrogen-bond acceptors (Lipinski definition) is 5. The van der Waals surface area contributed by atoms with Crippen molar-refractivity contribution in [3.05, 3.63) is 46.4 Å². The molecule has 0 spiro atoms. The lowest BCUT2D eigenvalue weighted by atomic mass is 9.97. The van der Waals surface area contributed by atoms with Gasteiger partial charge in [-0.2, -0.15) is 0 Å². The van der Waals surface area contributed by atoms with Gasteiger partial charge in [0.15, 0.2) is 5.96 Å². The summed E-state index contributed by atoms with van der Waals surface area (Å²) >= 11 is 5.82. The molecule has 166 valence electrons. The van der Waals surface area contributed by atoms with Crippen molar-refractivity contribution in [3.8, 4) is 0 Å². The second-order valence-corrected chi connectivity index (χ2v) is 7.98. The maximum Gasteiger partial charge on any atom is 0.208 e. The summed E-state index contributed by atoms with van der Waals surface area (Å²) in [5.41, 5.74) is 2.14. The third-order valence-corrected chi connectivity index (χ3v) is 5.64. The molecule has 0 unspecified atom stereocenters. The summed E-state index contributed by atoms with van der Waals surface area (Å²) in [5.74, 6) is 3.25. The third-order valence-electron chi connectivity index (χ3n) is 5.42. The zero-order valence-corrected chi connectivity index (χ0v) is 21.0. The summed E-state index contributed by atoms with van der Waals surface area (Å²) < 4.78 is 5.71. The summed E-state index contributed by atoms with van der Waals surface area (Å²) in [6.07, 6.45) is 5.02. The van der Waals surface area contributed by atoms with E-state index in [1.807, 2.05) is 39.2 Å². The molecule has 0 aromatic carbocycles. The van der Waals surface area contributed by atoms with Crippen LogP contribution >= 0.6 is 35.6 Å². The first-order valence-corrected chi connectivity index (χ1v) is 10.6. The van der Waals surface area contributed by atoms with Crippen molar-refractivity contribution in [3.63, 3.8) is 0 Å². The molecule has 1 aliphatic rings. The van der Waals surface area contributed by atoms with Crippen molar-refractivity contribution >= 4 is 41.5 Å². The van der Waals surface area contributed by atoms with Gasteiger partial charge >= 0.3 is 0 Å². The van der Waals surface area contributed by atoms with Crippen LogP contribution in [0.15, 0.2) is 27.7 Å².